The van der Waals surface area contributed by atoms with Crippen molar-refractivity contribution >= 4 is 33.4 Å². The molecule has 0 spiro atoms. The van der Waals surface area contributed by atoms with Gasteiger partial charge < -0.3 is 9.84 Å². The van der Waals surface area contributed by atoms with Crippen molar-refractivity contribution in [2.75, 3.05) is 0 Å². The standard InChI is InChI=1S/C10H7BrN2O3S/c11-6-3-1-2-4-7(6)16-5-8-9(10(14)15)12-13-17-8/h1-4H,5H2,(H,14,15). The van der Waals surface area contributed by atoms with Crippen LogP contribution < -0.4 is 4.74 Å². The summed E-state index contributed by atoms with van der Waals surface area (Å²) in [6, 6.07) is 7.34. The smallest absolute Gasteiger partial charge is 0.357 e. The maximum Gasteiger partial charge on any atom is 0.357 e. The Hall–Kier alpha value is -1.47. The maximum absolute atomic E-state index is 10.8. The highest BCUT2D eigenvalue weighted by atomic mass is 79.9. The third kappa shape index (κ3) is 2.80. The van der Waals surface area contributed by atoms with E-state index in [1.165, 1.54) is 0 Å². The average Bonchev–Trinajstić information content (AvgIpc) is 2.76. The van der Waals surface area contributed by atoms with Gasteiger partial charge in [0.15, 0.2) is 5.69 Å². The van der Waals surface area contributed by atoms with Crippen LogP contribution >= 0.6 is 27.5 Å². The number of aromatic nitrogens is 2. The molecule has 2 aromatic rings. The van der Waals surface area contributed by atoms with E-state index in [0.717, 1.165) is 16.0 Å². The summed E-state index contributed by atoms with van der Waals surface area (Å²) in [7, 11) is 0. The molecule has 1 N–H and O–H groups in total. The number of carboxylic acids is 1. The van der Waals surface area contributed by atoms with Crippen LogP contribution in [0.3, 0.4) is 0 Å². The van der Waals surface area contributed by atoms with Crippen LogP contribution in [-0.4, -0.2) is 20.7 Å². The van der Waals surface area contributed by atoms with E-state index in [-0.39, 0.29) is 12.3 Å². The topological polar surface area (TPSA) is 72.3 Å². The monoisotopic (exact) mass is 314 g/mol. The third-order valence-corrected chi connectivity index (χ3v) is 3.30. The molecular formula is C10H7BrN2O3S. The first-order valence-electron chi connectivity index (χ1n) is 4.60. The number of rotatable bonds is 4. The summed E-state index contributed by atoms with van der Waals surface area (Å²) in [6.45, 7) is 0.141. The number of hydrogen-bond acceptors (Lipinski definition) is 5. The molecule has 7 heteroatoms. The van der Waals surface area contributed by atoms with Gasteiger partial charge in [0.05, 0.1) is 9.35 Å². The van der Waals surface area contributed by atoms with Crippen LogP contribution in [0.1, 0.15) is 15.4 Å². The second-order valence-corrected chi connectivity index (χ2v) is 4.76. The minimum Gasteiger partial charge on any atom is -0.487 e. The van der Waals surface area contributed by atoms with Crippen LogP contribution in [-0.2, 0) is 6.61 Å². The lowest BCUT2D eigenvalue weighted by molar-refractivity contribution is 0.0687. The molecule has 0 radical (unpaired) electrons. The Balaban J connectivity index is 2.10. The van der Waals surface area contributed by atoms with E-state index in [2.05, 4.69) is 25.5 Å². The summed E-state index contributed by atoms with van der Waals surface area (Å²) in [5, 5.41) is 12.4. The number of ether oxygens (including phenoxy) is 1. The van der Waals surface area contributed by atoms with Gasteiger partial charge in [-0.2, -0.15) is 0 Å². The summed E-state index contributed by atoms with van der Waals surface area (Å²) in [4.78, 5) is 11.3. The van der Waals surface area contributed by atoms with Gasteiger partial charge in [0, 0.05) is 0 Å². The van der Waals surface area contributed by atoms with Gasteiger partial charge in [-0.25, -0.2) is 4.79 Å². The highest BCUT2D eigenvalue weighted by molar-refractivity contribution is 9.10. The fourth-order valence-corrected chi connectivity index (χ4v) is 2.12. The van der Waals surface area contributed by atoms with Gasteiger partial charge in [-0.1, -0.05) is 16.6 Å². The van der Waals surface area contributed by atoms with Crippen molar-refractivity contribution in [3.63, 3.8) is 0 Å². The van der Waals surface area contributed by atoms with E-state index in [1.54, 1.807) is 6.07 Å². The number of aromatic carboxylic acids is 1. The first-order valence-corrected chi connectivity index (χ1v) is 6.17. The Labute approximate surface area is 109 Å². The van der Waals surface area contributed by atoms with Crippen molar-refractivity contribution < 1.29 is 14.6 Å². The summed E-state index contributed by atoms with van der Waals surface area (Å²) < 4.78 is 9.90. The van der Waals surface area contributed by atoms with Crippen molar-refractivity contribution in [2.45, 2.75) is 6.61 Å². The lowest BCUT2D eigenvalue weighted by atomic mass is 10.3. The van der Waals surface area contributed by atoms with E-state index in [0.29, 0.717) is 10.6 Å². The maximum atomic E-state index is 10.8. The van der Waals surface area contributed by atoms with Crippen LogP contribution in [0.15, 0.2) is 28.7 Å². The van der Waals surface area contributed by atoms with Crippen molar-refractivity contribution in [1.82, 2.24) is 9.59 Å². The van der Waals surface area contributed by atoms with E-state index in [4.69, 9.17) is 9.84 Å². The number of para-hydroxylation sites is 1. The molecule has 0 saturated heterocycles. The Morgan fingerprint density at radius 2 is 2.24 bits per heavy atom. The molecule has 0 bridgehead atoms. The summed E-state index contributed by atoms with van der Waals surface area (Å²) in [6.07, 6.45) is 0. The zero-order valence-electron chi connectivity index (χ0n) is 8.46. The molecule has 1 heterocycles. The molecule has 0 aliphatic rings. The van der Waals surface area contributed by atoms with Crippen molar-refractivity contribution in [3.05, 3.63) is 39.3 Å². The number of hydrogen-bond donors (Lipinski definition) is 1. The van der Waals surface area contributed by atoms with Gasteiger partial charge in [-0.15, -0.1) is 5.10 Å². The predicted molar refractivity (Wildman–Crippen MR) is 65.3 cm³/mol. The molecule has 0 unspecified atom stereocenters. The van der Waals surface area contributed by atoms with E-state index in [1.807, 2.05) is 18.2 Å². The quantitative estimate of drug-likeness (QED) is 0.939. The second-order valence-electron chi connectivity index (χ2n) is 3.07. The largest absolute Gasteiger partial charge is 0.487 e. The molecule has 2 rings (SSSR count). The Morgan fingerprint density at radius 3 is 2.94 bits per heavy atom. The van der Waals surface area contributed by atoms with Crippen molar-refractivity contribution in [1.29, 1.82) is 0 Å². The van der Waals surface area contributed by atoms with Crippen LogP contribution in [0.5, 0.6) is 5.75 Å². The summed E-state index contributed by atoms with van der Waals surface area (Å²) in [5.41, 5.74) is -0.0537. The van der Waals surface area contributed by atoms with Crippen LogP contribution in [0.25, 0.3) is 0 Å². The molecule has 0 atom stereocenters. The van der Waals surface area contributed by atoms with E-state index in [9.17, 15) is 4.79 Å². The van der Waals surface area contributed by atoms with Gasteiger partial charge in [0.2, 0.25) is 0 Å². The SMILES string of the molecule is O=C(O)c1nnsc1COc1ccccc1Br. The average molecular weight is 315 g/mol. The molecule has 1 aromatic heterocycles. The Bertz CT molecular complexity index is 544. The Kier molecular flexibility index (Phi) is 3.70. The predicted octanol–water partition coefficient (Wildman–Crippen LogP) is 2.58. The minimum atomic E-state index is -1.09. The number of nitrogens with zero attached hydrogens (tertiary/aromatic N) is 2. The van der Waals surface area contributed by atoms with Crippen molar-refractivity contribution in [2.24, 2.45) is 0 Å². The van der Waals surface area contributed by atoms with E-state index >= 15 is 0 Å². The molecule has 17 heavy (non-hydrogen) atoms. The first kappa shape index (κ1) is 12.0. The molecule has 1 aromatic carbocycles. The van der Waals surface area contributed by atoms with Gasteiger partial charge in [0.25, 0.3) is 0 Å². The zero-order valence-corrected chi connectivity index (χ0v) is 10.9. The Morgan fingerprint density at radius 1 is 1.47 bits per heavy atom. The fraction of sp³-hybridized carbons (Fsp3) is 0.100. The fourth-order valence-electron chi connectivity index (χ4n) is 1.17. The number of benzene rings is 1. The van der Waals surface area contributed by atoms with Gasteiger partial charge in [-0.3, -0.25) is 0 Å². The lowest BCUT2D eigenvalue weighted by Gasteiger charge is -2.06. The van der Waals surface area contributed by atoms with Crippen LogP contribution in [0.2, 0.25) is 0 Å². The molecule has 0 amide bonds. The van der Waals surface area contributed by atoms with Gasteiger partial charge in [0.1, 0.15) is 12.4 Å². The highest BCUT2D eigenvalue weighted by Crippen LogP contribution is 2.25. The first-order chi connectivity index (χ1) is 8.18. The van der Waals surface area contributed by atoms with Crippen LogP contribution in [0.4, 0.5) is 0 Å². The van der Waals surface area contributed by atoms with Crippen LogP contribution in [0, 0.1) is 0 Å². The summed E-state index contributed by atoms with van der Waals surface area (Å²) in [5.74, 6) is -0.443. The number of carbonyl (C=O) groups is 1. The summed E-state index contributed by atoms with van der Waals surface area (Å²) >= 11 is 4.36. The molecule has 88 valence electrons. The lowest BCUT2D eigenvalue weighted by Crippen LogP contribution is -2.03. The minimum absolute atomic E-state index is 0.0537. The van der Waals surface area contributed by atoms with Gasteiger partial charge >= 0.3 is 5.97 Å². The zero-order chi connectivity index (χ0) is 12.3. The molecule has 0 saturated carbocycles. The molecule has 0 aliphatic heterocycles. The second kappa shape index (κ2) is 5.24. The molecule has 0 fully saturated rings. The normalized spacial score (nSPS) is 10.2. The number of carboxylic acid groups (broad SMARTS) is 1. The van der Waals surface area contributed by atoms with E-state index < -0.39 is 5.97 Å². The molecule has 0 aliphatic carbocycles. The van der Waals surface area contributed by atoms with Crippen molar-refractivity contribution in [3.8, 4) is 5.75 Å². The molecule has 5 nitrogen and oxygen atoms in total. The third-order valence-electron chi connectivity index (χ3n) is 1.95. The highest BCUT2D eigenvalue weighted by Gasteiger charge is 2.15. The van der Waals surface area contributed by atoms with Gasteiger partial charge in [-0.05, 0) is 39.6 Å². The molecular weight excluding hydrogens is 308 g/mol. The number of halogens is 1.